The van der Waals surface area contributed by atoms with Gasteiger partial charge in [-0.05, 0) is 34.7 Å². The number of thiophene rings is 1. The number of halogens is 1. The highest BCUT2D eigenvalue weighted by molar-refractivity contribution is 14.0. The van der Waals surface area contributed by atoms with Gasteiger partial charge in [0.15, 0.2) is 5.96 Å². The van der Waals surface area contributed by atoms with Crippen molar-refractivity contribution in [2.75, 3.05) is 45.8 Å². The van der Waals surface area contributed by atoms with Crippen molar-refractivity contribution in [1.29, 1.82) is 0 Å². The summed E-state index contributed by atoms with van der Waals surface area (Å²) >= 11 is 1.74. The molecule has 8 heteroatoms. The monoisotopic (exact) mass is 530 g/mol. The second-order valence-electron chi connectivity index (χ2n) is 7.06. The average molecular weight is 530 g/mol. The second kappa shape index (κ2) is 11.5. The lowest BCUT2D eigenvalue weighted by Gasteiger charge is -2.22. The molecule has 0 radical (unpaired) electrons. The van der Waals surface area contributed by atoms with E-state index in [9.17, 15) is 0 Å². The summed E-state index contributed by atoms with van der Waals surface area (Å²) in [6, 6.07) is 8.54. The van der Waals surface area contributed by atoms with Crippen LogP contribution in [0.25, 0.3) is 0 Å². The Balaban J connectivity index is 0.00000300. The van der Waals surface area contributed by atoms with Crippen LogP contribution in [0.15, 0.2) is 40.0 Å². The predicted molar refractivity (Wildman–Crippen MR) is 133 cm³/mol. The third kappa shape index (κ3) is 6.40. The van der Waals surface area contributed by atoms with E-state index in [4.69, 9.17) is 9.47 Å². The van der Waals surface area contributed by atoms with Gasteiger partial charge < -0.3 is 25.0 Å². The summed E-state index contributed by atoms with van der Waals surface area (Å²) in [6.45, 7) is 4.99. The Hall–Kier alpha value is -1.68. The largest absolute Gasteiger partial charge is 0.497 e. The first kappa shape index (κ1) is 23.6. The van der Waals surface area contributed by atoms with Crippen LogP contribution in [-0.2, 0) is 0 Å². The van der Waals surface area contributed by atoms with Crippen molar-refractivity contribution in [3.05, 3.63) is 40.6 Å². The fraction of sp³-hybridized carbons (Fsp3) is 0.476. The van der Waals surface area contributed by atoms with Gasteiger partial charge in [-0.25, -0.2) is 0 Å². The molecule has 1 saturated heterocycles. The third-order valence-electron chi connectivity index (χ3n) is 5.14. The first-order valence-electron chi connectivity index (χ1n) is 9.60. The van der Waals surface area contributed by atoms with Crippen LogP contribution in [0, 0.1) is 0 Å². The Morgan fingerprint density at radius 2 is 2.00 bits per heavy atom. The highest BCUT2D eigenvalue weighted by Gasteiger charge is 2.24. The number of hydrogen-bond donors (Lipinski definition) is 2. The molecule has 2 aromatic rings. The summed E-state index contributed by atoms with van der Waals surface area (Å²) in [6.07, 6.45) is 1.06. The third-order valence-corrected chi connectivity index (χ3v) is 5.84. The topological polar surface area (TPSA) is 58.1 Å². The lowest BCUT2D eigenvalue weighted by Crippen LogP contribution is -2.45. The normalized spacial score (nSPS) is 17.4. The summed E-state index contributed by atoms with van der Waals surface area (Å²) in [7, 11) is 5.18. The smallest absolute Gasteiger partial charge is 0.191 e. The zero-order chi connectivity index (χ0) is 19.9. The van der Waals surface area contributed by atoms with Crippen molar-refractivity contribution < 1.29 is 9.47 Å². The minimum Gasteiger partial charge on any atom is -0.497 e. The van der Waals surface area contributed by atoms with E-state index in [0.717, 1.165) is 49.2 Å². The maximum atomic E-state index is 5.40. The van der Waals surface area contributed by atoms with Crippen molar-refractivity contribution in [3.8, 4) is 11.5 Å². The van der Waals surface area contributed by atoms with Crippen LogP contribution in [-0.4, -0.2) is 52.9 Å². The van der Waals surface area contributed by atoms with Gasteiger partial charge in [-0.15, -0.1) is 24.0 Å². The van der Waals surface area contributed by atoms with Gasteiger partial charge >= 0.3 is 0 Å². The molecule has 29 heavy (non-hydrogen) atoms. The van der Waals surface area contributed by atoms with E-state index in [1.165, 1.54) is 5.56 Å². The van der Waals surface area contributed by atoms with E-state index < -0.39 is 0 Å². The molecule has 2 atom stereocenters. The van der Waals surface area contributed by atoms with Crippen LogP contribution in [0.2, 0.25) is 0 Å². The molecule has 3 rings (SSSR count). The van der Waals surface area contributed by atoms with Gasteiger partial charge in [0.25, 0.3) is 0 Å². The van der Waals surface area contributed by atoms with E-state index in [2.05, 4.69) is 56.4 Å². The van der Waals surface area contributed by atoms with Crippen LogP contribution in [0.3, 0.4) is 0 Å². The molecule has 1 aliphatic heterocycles. The molecule has 2 heterocycles. The molecule has 0 spiro atoms. The molecule has 1 fully saturated rings. The van der Waals surface area contributed by atoms with E-state index in [-0.39, 0.29) is 24.0 Å². The van der Waals surface area contributed by atoms with Gasteiger partial charge in [-0.3, -0.25) is 4.99 Å². The summed E-state index contributed by atoms with van der Waals surface area (Å²) in [5.74, 6) is 2.93. The number of hydrogen-bond acceptors (Lipinski definition) is 5. The molecular weight excluding hydrogens is 499 g/mol. The quantitative estimate of drug-likeness (QED) is 0.323. The van der Waals surface area contributed by atoms with Crippen LogP contribution in [0.4, 0.5) is 5.69 Å². The van der Waals surface area contributed by atoms with E-state index in [1.807, 2.05) is 13.1 Å². The van der Waals surface area contributed by atoms with E-state index in [1.54, 1.807) is 25.6 Å². The zero-order valence-corrected chi connectivity index (χ0v) is 20.6. The number of nitrogens with one attached hydrogen (secondary N) is 2. The molecule has 1 aromatic heterocycles. The summed E-state index contributed by atoms with van der Waals surface area (Å²) in [4.78, 5) is 6.75. The fourth-order valence-electron chi connectivity index (χ4n) is 3.40. The molecule has 160 valence electrons. The van der Waals surface area contributed by atoms with Crippen LogP contribution >= 0.6 is 35.3 Å². The molecule has 0 amide bonds. The molecule has 0 aliphatic carbocycles. The highest BCUT2D eigenvalue weighted by atomic mass is 127. The number of ether oxygens (including phenoxy) is 2. The van der Waals surface area contributed by atoms with Gasteiger partial charge in [0.2, 0.25) is 0 Å². The summed E-state index contributed by atoms with van der Waals surface area (Å²) in [5, 5.41) is 11.4. The predicted octanol–water partition coefficient (Wildman–Crippen LogP) is 3.93. The van der Waals surface area contributed by atoms with Gasteiger partial charge in [0, 0.05) is 56.6 Å². The molecule has 0 saturated carbocycles. The fourth-order valence-corrected chi connectivity index (χ4v) is 4.18. The van der Waals surface area contributed by atoms with Crippen molar-refractivity contribution >= 4 is 47.0 Å². The molecule has 2 unspecified atom stereocenters. The van der Waals surface area contributed by atoms with Gasteiger partial charge in [-0.1, -0.05) is 6.92 Å². The zero-order valence-electron chi connectivity index (χ0n) is 17.5. The Morgan fingerprint density at radius 3 is 2.59 bits per heavy atom. The van der Waals surface area contributed by atoms with Gasteiger partial charge in [0.1, 0.15) is 11.5 Å². The molecule has 0 bridgehead atoms. The SMILES string of the molecule is CN=C(NCC(C)c1ccsc1)NC1CCN(c2cc(OC)cc(OC)c2)C1.I. The lowest BCUT2D eigenvalue weighted by molar-refractivity contribution is 0.394. The maximum absolute atomic E-state index is 5.40. The average Bonchev–Trinajstić information content (AvgIpc) is 3.42. The molecule has 6 nitrogen and oxygen atoms in total. The highest BCUT2D eigenvalue weighted by Crippen LogP contribution is 2.30. The Bertz CT molecular complexity index is 763. The Kier molecular flexibility index (Phi) is 9.35. The molecule has 2 N–H and O–H groups in total. The molecule has 1 aliphatic rings. The summed E-state index contributed by atoms with van der Waals surface area (Å²) in [5.41, 5.74) is 2.49. The first-order valence-corrected chi connectivity index (χ1v) is 10.5. The number of rotatable bonds is 7. The minimum atomic E-state index is 0. The van der Waals surface area contributed by atoms with Crippen molar-refractivity contribution in [3.63, 3.8) is 0 Å². The minimum absolute atomic E-state index is 0. The molecule has 1 aromatic carbocycles. The van der Waals surface area contributed by atoms with Crippen molar-refractivity contribution in [2.24, 2.45) is 4.99 Å². The lowest BCUT2D eigenvalue weighted by atomic mass is 10.1. The van der Waals surface area contributed by atoms with Crippen molar-refractivity contribution in [2.45, 2.75) is 25.3 Å². The number of anilines is 1. The summed E-state index contributed by atoms with van der Waals surface area (Å²) < 4.78 is 10.8. The van der Waals surface area contributed by atoms with Gasteiger partial charge in [0.05, 0.1) is 14.2 Å². The van der Waals surface area contributed by atoms with E-state index in [0.29, 0.717) is 12.0 Å². The Morgan fingerprint density at radius 1 is 1.28 bits per heavy atom. The van der Waals surface area contributed by atoms with Gasteiger partial charge in [-0.2, -0.15) is 11.3 Å². The standard InChI is InChI=1S/C21H30N4O2S.HI/c1-15(16-6-8-28-14-16)12-23-21(22-2)24-17-5-7-25(13-17)18-9-19(26-3)11-20(10-18)27-4;/h6,8-11,14-15,17H,5,7,12-13H2,1-4H3,(H2,22,23,24);1H. The van der Waals surface area contributed by atoms with E-state index >= 15 is 0 Å². The van der Waals surface area contributed by atoms with Crippen LogP contribution < -0.4 is 25.0 Å². The number of guanidine groups is 1. The number of aliphatic imine (C=N–C) groups is 1. The Labute approximate surface area is 194 Å². The second-order valence-corrected chi connectivity index (χ2v) is 7.84. The molecular formula is C21H31IN4O2S. The maximum Gasteiger partial charge on any atom is 0.191 e. The number of benzene rings is 1. The van der Waals surface area contributed by atoms with Crippen LogP contribution in [0.5, 0.6) is 11.5 Å². The number of nitrogens with zero attached hydrogens (tertiary/aromatic N) is 2. The number of methoxy groups -OCH3 is 2. The van der Waals surface area contributed by atoms with Crippen LogP contribution in [0.1, 0.15) is 24.8 Å². The van der Waals surface area contributed by atoms with Crippen molar-refractivity contribution in [1.82, 2.24) is 10.6 Å². The first-order chi connectivity index (χ1) is 13.6.